The Bertz CT molecular complexity index is 619. The molecular weight excluding hydrogens is 288 g/mol. The van der Waals surface area contributed by atoms with Gasteiger partial charge in [0, 0.05) is 0 Å². The first-order chi connectivity index (χ1) is 11.1. The maximum atomic E-state index is 12.1. The van der Waals surface area contributed by atoms with E-state index in [-0.39, 0.29) is 5.97 Å². The van der Waals surface area contributed by atoms with Crippen LogP contribution in [0.3, 0.4) is 0 Å². The van der Waals surface area contributed by atoms with Gasteiger partial charge in [-0.05, 0) is 49.9 Å². The van der Waals surface area contributed by atoms with E-state index in [4.69, 9.17) is 9.47 Å². The first-order valence-electron chi connectivity index (χ1n) is 8.06. The lowest BCUT2D eigenvalue weighted by Gasteiger charge is -2.27. The number of carbonyl (C=O) groups is 1. The molecular formula is C20H24O3. The fourth-order valence-electron chi connectivity index (χ4n) is 2.31. The standard InChI is InChI=1S/C20H24O3/c1-4-20(3,19(21)22-5-2)23-18-13-11-17(12-14-18)15-16-9-7-6-8-10-16/h6-14H,4-5,15H2,1-3H3. The van der Waals surface area contributed by atoms with Gasteiger partial charge in [-0.3, -0.25) is 0 Å². The molecule has 3 nitrogen and oxygen atoms in total. The van der Waals surface area contributed by atoms with Gasteiger partial charge in [-0.25, -0.2) is 4.79 Å². The number of rotatable bonds is 7. The molecule has 0 heterocycles. The maximum absolute atomic E-state index is 12.1. The Balaban J connectivity index is 2.05. The largest absolute Gasteiger partial charge is 0.476 e. The van der Waals surface area contributed by atoms with Crippen LogP contribution >= 0.6 is 0 Å². The summed E-state index contributed by atoms with van der Waals surface area (Å²) in [7, 11) is 0. The molecule has 3 heteroatoms. The number of benzene rings is 2. The van der Waals surface area contributed by atoms with Gasteiger partial charge in [0.25, 0.3) is 0 Å². The molecule has 0 aromatic heterocycles. The second-order valence-corrected chi connectivity index (χ2v) is 5.71. The molecule has 0 spiro atoms. The van der Waals surface area contributed by atoms with Crippen LogP contribution in [-0.2, 0) is 16.0 Å². The fourth-order valence-corrected chi connectivity index (χ4v) is 2.31. The molecule has 2 rings (SSSR count). The SMILES string of the molecule is CCOC(=O)C(C)(CC)Oc1ccc(Cc2ccccc2)cc1. The van der Waals surface area contributed by atoms with Gasteiger partial charge >= 0.3 is 5.97 Å². The summed E-state index contributed by atoms with van der Waals surface area (Å²) in [6.45, 7) is 5.84. The van der Waals surface area contributed by atoms with Crippen LogP contribution in [0.15, 0.2) is 54.6 Å². The minimum absolute atomic E-state index is 0.323. The van der Waals surface area contributed by atoms with Crippen LogP contribution in [0.4, 0.5) is 0 Å². The van der Waals surface area contributed by atoms with Crippen molar-refractivity contribution in [3.63, 3.8) is 0 Å². The average molecular weight is 312 g/mol. The van der Waals surface area contributed by atoms with Crippen molar-refractivity contribution in [2.45, 2.75) is 39.2 Å². The molecule has 0 fully saturated rings. The van der Waals surface area contributed by atoms with Gasteiger partial charge < -0.3 is 9.47 Å². The van der Waals surface area contributed by atoms with E-state index in [9.17, 15) is 4.79 Å². The Kier molecular flexibility index (Phi) is 5.80. The van der Waals surface area contributed by atoms with Gasteiger partial charge in [0.2, 0.25) is 5.60 Å². The molecule has 0 bridgehead atoms. The predicted molar refractivity (Wildman–Crippen MR) is 91.6 cm³/mol. The lowest BCUT2D eigenvalue weighted by molar-refractivity contribution is -0.160. The van der Waals surface area contributed by atoms with Crippen LogP contribution in [0, 0.1) is 0 Å². The third kappa shape index (κ3) is 4.59. The van der Waals surface area contributed by atoms with E-state index in [1.807, 2.05) is 49.4 Å². The predicted octanol–water partition coefficient (Wildman–Crippen LogP) is 4.39. The molecule has 0 amide bonds. The molecule has 1 unspecified atom stereocenters. The van der Waals surface area contributed by atoms with Crippen molar-refractivity contribution in [3.8, 4) is 5.75 Å². The quantitative estimate of drug-likeness (QED) is 0.711. The van der Waals surface area contributed by atoms with Crippen LogP contribution in [0.1, 0.15) is 38.3 Å². The van der Waals surface area contributed by atoms with Crippen LogP contribution in [0.25, 0.3) is 0 Å². The van der Waals surface area contributed by atoms with Gasteiger partial charge in [0.1, 0.15) is 5.75 Å². The van der Waals surface area contributed by atoms with Crippen LogP contribution < -0.4 is 4.74 Å². The van der Waals surface area contributed by atoms with Gasteiger partial charge in [-0.1, -0.05) is 49.4 Å². The van der Waals surface area contributed by atoms with E-state index in [0.717, 1.165) is 6.42 Å². The lowest BCUT2D eigenvalue weighted by atomic mass is 10.0. The van der Waals surface area contributed by atoms with E-state index in [1.165, 1.54) is 11.1 Å². The van der Waals surface area contributed by atoms with Gasteiger partial charge in [-0.2, -0.15) is 0 Å². The number of hydrogen-bond donors (Lipinski definition) is 0. The zero-order valence-corrected chi connectivity index (χ0v) is 14.0. The summed E-state index contributed by atoms with van der Waals surface area (Å²) < 4.78 is 11.0. The summed E-state index contributed by atoms with van der Waals surface area (Å²) in [5.74, 6) is 0.357. The van der Waals surface area contributed by atoms with E-state index < -0.39 is 5.60 Å². The smallest absolute Gasteiger partial charge is 0.350 e. The molecule has 2 aromatic rings. The van der Waals surface area contributed by atoms with Crippen molar-refractivity contribution in [1.29, 1.82) is 0 Å². The van der Waals surface area contributed by atoms with Crippen molar-refractivity contribution in [2.24, 2.45) is 0 Å². The first kappa shape index (κ1) is 17.1. The molecule has 0 aliphatic carbocycles. The lowest BCUT2D eigenvalue weighted by Crippen LogP contribution is -2.42. The maximum Gasteiger partial charge on any atom is 0.350 e. The zero-order chi connectivity index (χ0) is 16.7. The molecule has 1 atom stereocenters. The summed E-state index contributed by atoms with van der Waals surface area (Å²) in [4.78, 5) is 12.1. The number of ether oxygens (including phenoxy) is 2. The van der Waals surface area contributed by atoms with Crippen molar-refractivity contribution in [2.75, 3.05) is 6.61 Å². The first-order valence-corrected chi connectivity index (χ1v) is 8.06. The molecule has 0 aliphatic heterocycles. The summed E-state index contributed by atoms with van der Waals surface area (Å²) in [6, 6.07) is 18.2. The zero-order valence-electron chi connectivity index (χ0n) is 14.0. The van der Waals surface area contributed by atoms with Gasteiger partial charge in [0.15, 0.2) is 0 Å². The van der Waals surface area contributed by atoms with Crippen molar-refractivity contribution < 1.29 is 14.3 Å². The van der Waals surface area contributed by atoms with E-state index in [1.54, 1.807) is 13.8 Å². The highest BCUT2D eigenvalue weighted by molar-refractivity contribution is 5.79. The van der Waals surface area contributed by atoms with E-state index in [2.05, 4.69) is 12.1 Å². The summed E-state index contributed by atoms with van der Waals surface area (Å²) >= 11 is 0. The van der Waals surface area contributed by atoms with Crippen molar-refractivity contribution in [1.82, 2.24) is 0 Å². The van der Waals surface area contributed by atoms with Gasteiger partial charge in [-0.15, -0.1) is 0 Å². The van der Waals surface area contributed by atoms with Crippen LogP contribution in [0.5, 0.6) is 5.75 Å². The second-order valence-electron chi connectivity index (χ2n) is 5.71. The van der Waals surface area contributed by atoms with Gasteiger partial charge in [0.05, 0.1) is 6.61 Å². The van der Waals surface area contributed by atoms with Crippen LogP contribution in [-0.4, -0.2) is 18.2 Å². The highest BCUT2D eigenvalue weighted by Gasteiger charge is 2.35. The minimum atomic E-state index is -0.947. The number of hydrogen-bond acceptors (Lipinski definition) is 3. The Morgan fingerprint density at radius 3 is 2.13 bits per heavy atom. The molecule has 0 saturated heterocycles. The molecule has 0 aliphatic rings. The number of esters is 1. The molecule has 2 aromatic carbocycles. The molecule has 0 N–H and O–H groups in total. The average Bonchev–Trinajstić information content (AvgIpc) is 2.57. The molecule has 0 radical (unpaired) electrons. The Labute approximate surface area is 138 Å². The molecule has 122 valence electrons. The molecule has 23 heavy (non-hydrogen) atoms. The van der Waals surface area contributed by atoms with Crippen molar-refractivity contribution in [3.05, 3.63) is 65.7 Å². The van der Waals surface area contributed by atoms with Crippen LogP contribution in [0.2, 0.25) is 0 Å². The summed E-state index contributed by atoms with van der Waals surface area (Å²) in [6.07, 6.45) is 1.43. The monoisotopic (exact) mass is 312 g/mol. The van der Waals surface area contributed by atoms with Crippen molar-refractivity contribution >= 4 is 5.97 Å². The Morgan fingerprint density at radius 1 is 0.957 bits per heavy atom. The Hall–Kier alpha value is -2.29. The topological polar surface area (TPSA) is 35.5 Å². The van der Waals surface area contributed by atoms with E-state index >= 15 is 0 Å². The third-order valence-electron chi connectivity index (χ3n) is 3.90. The minimum Gasteiger partial charge on any atom is -0.476 e. The number of carbonyl (C=O) groups excluding carboxylic acids is 1. The Morgan fingerprint density at radius 2 is 1.57 bits per heavy atom. The van der Waals surface area contributed by atoms with E-state index in [0.29, 0.717) is 18.8 Å². The highest BCUT2D eigenvalue weighted by atomic mass is 16.6. The molecule has 0 saturated carbocycles. The fraction of sp³-hybridized carbons (Fsp3) is 0.350. The summed E-state index contributed by atoms with van der Waals surface area (Å²) in [5.41, 5.74) is 1.53. The highest BCUT2D eigenvalue weighted by Crippen LogP contribution is 2.24. The summed E-state index contributed by atoms with van der Waals surface area (Å²) in [5, 5.41) is 0. The normalized spacial score (nSPS) is 13.2. The second kappa shape index (κ2) is 7.82. The third-order valence-corrected chi connectivity index (χ3v) is 3.90.